The molecule has 0 spiro atoms. The van der Waals surface area contributed by atoms with Gasteiger partial charge >= 0.3 is 0 Å². The van der Waals surface area contributed by atoms with Crippen LogP contribution in [0.15, 0.2) is 0 Å². The Balaban J connectivity index is 1.11. The first kappa shape index (κ1) is 94.1. The van der Waals surface area contributed by atoms with Crippen LogP contribution in [-0.2, 0) is 81.0 Å². The van der Waals surface area contributed by atoms with Crippen molar-refractivity contribution in [2.24, 2.45) is 0 Å². The van der Waals surface area contributed by atoms with Crippen LogP contribution in [0.3, 0.4) is 0 Å². The van der Waals surface area contributed by atoms with E-state index in [9.17, 15) is 94.2 Å². The lowest BCUT2D eigenvalue weighted by molar-refractivity contribution is -0.270. The molecule has 5 aliphatic rings. The Hall–Kier alpha value is -5.49. The van der Waals surface area contributed by atoms with Crippen molar-refractivity contribution in [1.82, 2.24) is 47.9 Å². The van der Waals surface area contributed by atoms with Crippen LogP contribution in [0.25, 0.3) is 0 Å². The number of fused-ring (bicyclic) bond motifs is 1. The summed E-state index contributed by atoms with van der Waals surface area (Å²) in [6, 6.07) is -5.63. The van der Waals surface area contributed by atoms with E-state index in [4.69, 9.17) is 37.9 Å². The zero-order chi connectivity index (χ0) is 80.1. The monoisotopic (exact) mass is 1560 g/mol. The van der Waals surface area contributed by atoms with Gasteiger partial charge in [-0.05, 0) is 78.1 Å². The third kappa shape index (κ3) is 31.1. The molecule has 0 aromatic rings. The van der Waals surface area contributed by atoms with Crippen LogP contribution >= 0.6 is 0 Å². The quantitative estimate of drug-likeness (QED) is 0.0272. The van der Waals surface area contributed by atoms with E-state index in [1.165, 1.54) is 20.8 Å². The summed E-state index contributed by atoms with van der Waals surface area (Å²) in [5.74, 6) is -4.04. The molecule has 0 aromatic heterocycles. The molecule has 0 aromatic carbocycles. The predicted octanol–water partition coefficient (Wildman–Crippen LogP) is -2.86. The maximum Gasteiger partial charge on any atom is 0.242 e. The number of hydrogen-bond acceptors (Lipinski definition) is 27. The largest absolute Gasteiger partial charge is 0.394 e. The van der Waals surface area contributed by atoms with Gasteiger partial charge in [-0.1, -0.05) is 77.0 Å². The van der Waals surface area contributed by atoms with Gasteiger partial charge in [0.25, 0.3) is 0 Å². The standard InChI is InChI=1S/C73H129N9O27/c1-44(2)105-51-38-48(106-52(51)40-83)39-77-55(90)26-18-10-8-6-7-9-11-19-27-57(92)81-50(67(99)76-34-22-14-17-25-37-104-70-65(80-47(5)89)73(101)71(100)72(73,43-86)109-70)29-31-58(93)82-49(66(98)75-33-21-13-16-24-36-103-69-60(79-46(4)88)64(97)62(95)54(42-85)108-69)28-30-56(91)74-32-20-12-15-23-35-102-68-59(78-45(3)87)63(96)61(94)53(41-84)107-68/h44,48-54,59-65,68-71,83-86,94-97,100-101H,6-43H2,1-5H3,(H,74,91)(H,75,98)(H,76,99)(H,77,90)(H,78,87)(H,79,88)(H,80,89)(H,81,92)(H,82,93)/t48-,49?,50?,51+,52-,53?,54?,59?,60?,61?,62?,63?,64?,65?,68?,69?,70?,71?,72?,73?/m0/s1. The van der Waals surface area contributed by atoms with Gasteiger partial charge in [-0.15, -0.1) is 0 Å². The van der Waals surface area contributed by atoms with Gasteiger partial charge < -0.3 is 137 Å². The van der Waals surface area contributed by atoms with E-state index in [0.29, 0.717) is 103 Å². The number of ether oxygens (including phenoxy) is 8. The van der Waals surface area contributed by atoms with Gasteiger partial charge in [-0.2, -0.15) is 0 Å². The first-order valence-corrected chi connectivity index (χ1v) is 39.3. The molecule has 17 unspecified atom stereocenters. The molecular formula is C73H129N9O27. The van der Waals surface area contributed by atoms with E-state index in [0.717, 1.165) is 44.9 Å². The molecule has 36 nitrogen and oxygen atoms in total. The zero-order valence-corrected chi connectivity index (χ0v) is 64.3. The lowest BCUT2D eigenvalue weighted by Crippen LogP contribution is -2.64. The topological polar surface area (TPSA) is 538 Å². The van der Waals surface area contributed by atoms with Gasteiger partial charge in [-0.3, -0.25) is 43.2 Å². The average molecular weight is 1560 g/mol. The number of aliphatic hydroxyl groups excluding tert-OH is 9. The first-order chi connectivity index (χ1) is 52.1. The Labute approximate surface area is 638 Å². The molecule has 4 saturated heterocycles. The maximum absolute atomic E-state index is 13.9. The van der Waals surface area contributed by atoms with Crippen LogP contribution in [0.4, 0.5) is 0 Å². The maximum atomic E-state index is 13.9. The lowest BCUT2D eigenvalue weighted by atomic mass is 9.97. The van der Waals surface area contributed by atoms with Crippen molar-refractivity contribution in [3.05, 3.63) is 0 Å². The van der Waals surface area contributed by atoms with E-state index in [1.807, 2.05) is 13.8 Å². The third-order valence-corrected chi connectivity index (χ3v) is 20.2. The summed E-state index contributed by atoms with van der Waals surface area (Å²) >= 11 is 0. The number of aliphatic hydroxyl groups is 10. The van der Waals surface area contributed by atoms with Crippen molar-refractivity contribution in [3.8, 4) is 0 Å². The van der Waals surface area contributed by atoms with Gasteiger partial charge in [0.1, 0.15) is 79.0 Å². The minimum absolute atomic E-state index is 0.00971. The van der Waals surface area contributed by atoms with Crippen molar-refractivity contribution in [2.75, 3.05) is 72.4 Å². The molecule has 5 rings (SSSR count). The minimum atomic E-state index is -1.92. The number of amides is 9. The van der Waals surface area contributed by atoms with Crippen LogP contribution in [0, 0.1) is 0 Å². The molecule has 4 aliphatic heterocycles. The molecule has 19 N–H and O–H groups in total. The highest BCUT2D eigenvalue weighted by Gasteiger charge is 2.87. The molecule has 4 heterocycles. The summed E-state index contributed by atoms with van der Waals surface area (Å²) in [7, 11) is 0. The number of carbonyl (C=O) groups is 9. The highest BCUT2D eigenvalue weighted by Crippen LogP contribution is 2.59. The summed E-state index contributed by atoms with van der Waals surface area (Å²) in [4.78, 5) is 117. The van der Waals surface area contributed by atoms with Gasteiger partial charge in [0.05, 0.1) is 44.7 Å². The summed E-state index contributed by atoms with van der Waals surface area (Å²) in [6.07, 6.45) is 0.0290. The van der Waals surface area contributed by atoms with E-state index in [-0.39, 0.29) is 108 Å². The Morgan fingerprint density at radius 1 is 0.450 bits per heavy atom. The lowest BCUT2D eigenvalue weighted by Gasteiger charge is -2.42. The summed E-state index contributed by atoms with van der Waals surface area (Å²) in [5, 5.41) is 127. The fraction of sp³-hybridized carbons (Fsp3) is 0.877. The fourth-order valence-electron chi connectivity index (χ4n) is 14.1. The normalized spacial score (nSPS) is 29.0. The Bertz CT molecular complexity index is 2750. The van der Waals surface area contributed by atoms with Gasteiger partial charge in [0.2, 0.25) is 53.2 Å². The number of carbonyl (C=O) groups excluding carboxylic acids is 9. The molecule has 0 radical (unpaired) electrons. The Kier molecular flexibility index (Phi) is 43.1. The van der Waals surface area contributed by atoms with E-state index in [1.54, 1.807) is 0 Å². The molecule has 1 saturated carbocycles. The Morgan fingerprint density at radius 3 is 1.28 bits per heavy atom. The molecule has 36 heteroatoms. The minimum Gasteiger partial charge on any atom is -0.394 e. The first-order valence-electron chi connectivity index (χ1n) is 39.3. The van der Waals surface area contributed by atoms with Crippen molar-refractivity contribution in [2.45, 2.75) is 335 Å². The molecule has 20 atom stereocenters. The van der Waals surface area contributed by atoms with Crippen LogP contribution in [-0.4, -0.2) is 304 Å². The number of hydrogen-bond donors (Lipinski definition) is 19. The third-order valence-electron chi connectivity index (χ3n) is 20.2. The number of rotatable bonds is 56. The number of nitrogens with one attached hydrogen (secondary N) is 9. The SMILES string of the molecule is CC(=O)NC1C(OCCCCCCNC(=O)CCC(NC(=O)CCC(NC(=O)CCCCCCCCCCC(=O)NC[C@@H]2C[C@@H](OC(C)C)[C@H](CO)O2)C(=O)NCCCCCCOC2OC3(CO)C(O)C3(O)C2NC(C)=O)C(=O)NCCCCCCOC2OC(CO)C(O)C(O)C2NC(C)=O)OC(CO)C(O)C1O. The van der Waals surface area contributed by atoms with Gasteiger partial charge in [0.15, 0.2) is 30.1 Å². The van der Waals surface area contributed by atoms with Crippen molar-refractivity contribution < 1.29 is 132 Å². The van der Waals surface area contributed by atoms with E-state index < -0.39 is 170 Å². The second kappa shape index (κ2) is 49.9. The molecular weight excluding hydrogens is 1430 g/mol. The van der Waals surface area contributed by atoms with Crippen molar-refractivity contribution in [3.63, 3.8) is 0 Å². The van der Waals surface area contributed by atoms with Crippen LogP contribution < -0.4 is 47.9 Å². The van der Waals surface area contributed by atoms with Crippen LogP contribution in [0.5, 0.6) is 0 Å². The highest BCUT2D eigenvalue weighted by atomic mass is 16.7. The van der Waals surface area contributed by atoms with Gasteiger partial charge in [-0.25, -0.2) is 0 Å². The Morgan fingerprint density at radius 2 is 0.844 bits per heavy atom. The fourth-order valence-corrected chi connectivity index (χ4v) is 14.1. The summed E-state index contributed by atoms with van der Waals surface area (Å²) in [6.45, 7) is 6.99. The molecule has 5 fully saturated rings. The molecule has 628 valence electrons. The van der Waals surface area contributed by atoms with Crippen LogP contribution in [0.2, 0.25) is 0 Å². The van der Waals surface area contributed by atoms with Crippen molar-refractivity contribution >= 4 is 53.2 Å². The predicted molar refractivity (Wildman–Crippen MR) is 388 cm³/mol. The van der Waals surface area contributed by atoms with E-state index >= 15 is 0 Å². The van der Waals surface area contributed by atoms with Crippen LogP contribution in [0.1, 0.15) is 208 Å². The molecule has 9 amide bonds. The second-order valence-corrected chi connectivity index (χ2v) is 29.5. The van der Waals surface area contributed by atoms with Gasteiger partial charge in [0, 0.05) is 98.9 Å². The molecule has 1 aliphatic carbocycles. The second-order valence-electron chi connectivity index (χ2n) is 29.5. The van der Waals surface area contributed by atoms with E-state index in [2.05, 4.69) is 47.9 Å². The average Bonchev–Trinajstić information content (AvgIpc) is 1.48. The highest BCUT2D eigenvalue weighted by molar-refractivity contribution is 5.90. The molecule has 109 heavy (non-hydrogen) atoms. The summed E-state index contributed by atoms with van der Waals surface area (Å²) < 4.78 is 46.1. The smallest absolute Gasteiger partial charge is 0.242 e. The van der Waals surface area contributed by atoms with Crippen molar-refractivity contribution in [1.29, 1.82) is 0 Å². The number of unbranched alkanes of at least 4 members (excludes halogenated alkanes) is 16. The summed E-state index contributed by atoms with van der Waals surface area (Å²) in [5.41, 5.74) is -3.59. The molecule has 0 bridgehead atoms. The zero-order valence-electron chi connectivity index (χ0n) is 64.3.